The number of fused-ring (bicyclic) bond motifs is 5. The molecule has 0 atom stereocenters. The summed E-state index contributed by atoms with van der Waals surface area (Å²) in [6.45, 7) is 10.5. The quantitative estimate of drug-likeness (QED) is 0.201. The van der Waals surface area contributed by atoms with Crippen LogP contribution >= 0.6 is 0 Å². The highest BCUT2D eigenvalue weighted by Crippen LogP contribution is 2.41. The van der Waals surface area contributed by atoms with Crippen molar-refractivity contribution in [1.82, 2.24) is 9.55 Å². The minimum Gasteiger partial charge on any atom is -0.456 e. The Morgan fingerprint density at radius 1 is 0.721 bits per heavy atom. The molecule has 3 heterocycles. The molecule has 0 radical (unpaired) electrons. The van der Waals surface area contributed by atoms with E-state index in [2.05, 4.69) is 130 Å². The lowest BCUT2D eigenvalue weighted by atomic mass is 9.78. The maximum atomic E-state index is 6.47. The molecule has 0 bridgehead atoms. The first-order valence-electron chi connectivity index (χ1n) is 15.0. The largest absolute Gasteiger partial charge is 0.494 e. The van der Waals surface area contributed by atoms with Gasteiger partial charge in [-0.15, -0.1) is 0 Å². The highest BCUT2D eigenvalue weighted by Gasteiger charge is 2.51. The minimum absolute atomic E-state index is 0.373. The fraction of sp³-hybridized carbons (Fsp3) is 0.216. The Morgan fingerprint density at radius 2 is 1.42 bits per heavy atom. The lowest BCUT2D eigenvalue weighted by Crippen LogP contribution is -2.41. The number of hydrogen-bond donors (Lipinski definition) is 0. The second-order valence-electron chi connectivity index (χ2n) is 12.5. The topological polar surface area (TPSA) is 49.4 Å². The first-order valence-corrected chi connectivity index (χ1v) is 15.0. The van der Waals surface area contributed by atoms with E-state index in [9.17, 15) is 0 Å². The molecule has 212 valence electrons. The first-order chi connectivity index (χ1) is 20.7. The van der Waals surface area contributed by atoms with Crippen LogP contribution in [-0.4, -0.2) is 27.9 Å². The van der Waals surface area contributed by atoms with Crippen molar-refractivity contribution in [1.29, 1.82) is 0 Å². The standard InChI is InChI=1S/C37H33BN2O3/c1-6-33-39-28-12-7-8-13-29(28)40(33)30-14-10-16-32-35(30)34-27(11-9-15-31(34)41-32)25-18-17-24-22-26(20-19-23(24)21-25)38-42-36(2,3)37(4,5)43-38/h7-22H,6H2,1-5H3. The van der Waals surface area contributed by atoms with E-state index in [1.807, 2.05) is 6.07 Å². The summed E-state index contributed by atoms with van der Waals surface area (Å²) in [7, 11) is -0.384. The molecule has 5 nitrogen and oxygen atoms in total. The summed E-state index contributed by atoms with van der Waals surface area (Å²) in [6, 6.07) is 34.1. The molecular formula is C37H33BN2O3. The molecule has 0 unspecified atom stereocenters. The number of rotatable bonds is 4. The predicted octanol–water partition coefficient (Wildman–Crippen LogP) is 8.61. The van der Waals surface area contributed by atoms with Gasteiger partial charge in [-0.25, -0.2) is 4.98 Å². The molecular weight excluding hydrogens is 531 g/mol. The van der Waals surface area contributed by atoms with Crippen LogP contribution in [0.25, 0.3) is 60.6 Å². The summed E-state index contributed by atoms with van der Waals surface area (Å²) < 4.78 is 21.4. The summed E-state index contributed by atoms with van der Waals surface area (Å²) in [5.74, 6) is 1.03. The van der Waals surface area contributed by atoms with Crippen molar-refractivity contribution >= 4 is 56.3 Å². The summed E-state index contributed by atoms with van der Waals surface area (Å²) in [4.78, 5) is 4.96. The molecule has 43 heavy (non-hydrogen) atoms. The number of aromatic nitrogens is 2. The fourth-order valence-electron chi connectivity index (χ4n) is 6.41. The number of hydrogen-bond acceptors (Lipinski definition) is 4. The van der Waals surface area contributed by atoms with E-state index in [0.29, 0.717) is 0 Å². The van der Waals surface area contributed by atoms with Crippen LogP contribution < -0.4 is 5.46 Å². The minimum atomic E-state index is -0.384. The number of aryl methyl sites for hydroxylation is 1. The monoisotopic (exact) mass is 564 g/mol. The zero-order valence-corrected chi connectivity index (χ0v) is 25.1. The maximum absolute atomic E-state index is 6.47. The molecule has 0 spiro atoms. The highest BCUT2D eigenvalue weighted by atomic mass is 16.7. The number of imidazole rings is 1. The molecule has 0 saturated carbocycles. The molecule has 0 aliphatic carbocycles. The Labute approximate surface area is 251 Å². The molecule has 1 saturated heterocycles. The zero-order chi connectivity index (χ0) is 29.5. The average molecular weight is 564 g/mol. The van der Waals surface area contributed by atoms with E-state index in [-0.39, 0.29) is 18.3 Å². The lowest BCUT2D eigenvalue weighted by molar-refractivity contribution is 0.00578. The van der Waals surface area contributed by atoms with Gasteiger partial charge in [-0.05, 0) is 91.5 Å². The molecule has 6 heteroatoms. The van der Waals surface area contributed by atoms with E-state index in [1.165, 1.54) is 0 Å². The van der Waals surface area contributed by atoms with Crippen molar-refractivity contribution in [2.45, 2.75) is 52.2 Å². The van der Waals surface area contributed by atoms with E-state index >= 15 is 0 Å². The molecule has 1 aliphatic rings. The fourth-order valence-corrected chi connectivity index (χ4v) is 6.41. The summed E-state index contributed by atoms with van der Waals surface area (Å²) in [5, 5.41) is 4.53. The molecule has 2 aromatic heterocycles. The van der Waals surface area contributed by atoms with Crippen LogP contribution in [0.4, 0.5) is 0 Å². The van der Waals surface area contributed by atoms with Gasteiger partial charge in [0.2, 0.25) is 0 Å². The molecule has 1 aliphatic heterocycles. The van der Waals surface area contributed by atoms with Gasteiger partial charge in [0.15, 0.2) is 0 Å². The Kier molecular flexibility index (Phi) is 5.68. The normalized spacial score (nSPS) is 16.3. The number of furan rings is 1. The van der Waals surface area contributed by atoms with Gasteiger partial charge in [-0.3, -0.25) is 4.57 Å². The van der Waals surface area contributed by atoms with Gasteiger partial charge in [0.25, 0.3) is 0 Å². The molecule has 1 fully saturated rings. The van der Waals surface area contributed by atoms with Crippen LogP contribution in [0.15, 0.2) is 101 Å². The SMILES string of the molecule is CCc1nc2ccccc2n1-c1cccc2oc3cccc(-c4ccc5cc(B6OC(C)(C)C(C)(C)O6)ccc5c4)c3c12. The van der Waals surface area contributed by atoms with Gasteiger partial charge in [-0.1, -0.05) is 67.6 Å². The van der Waals surface area contributed by atoms with Crippen LogP contribution in [0.3, 0.4) is 0 Å². The second kappa shape index (κ2) is 9.31. The first kappa shape index (κ1) is 26.3. The third-order valence-electron chi connectivity index (χ3n) is 9.39. The van der Waals surface area contributed by atoms with Gasteiger partial charge in [0, 0.05) is 11.8 Å². The van der Waals surface area contributed by atoms with Crippen LogP contribution in [0.2, 0.25) is 0 Å². The number of nitrogens with zero attached hydrogens (tertiary/aromatic N) is 2. The highest BCUT2D eigenvalue weighted by molar-refractivity contribution is 6.62. The van der Waals surface area contributed by atoms with E-state index < -0.39 is 0 Å². The Balaban J connectivity index is 1.29. The van der Waals surface area contributed by atoms with Crippen molar-refractivity contribution in [3.63, 3.8) is 0 Å². The van der Waals surface area contributed by atoms with Gasteiger partial charge in [0.05, 0.1) is 33.3 Å². The van der Waals surface area contributed by atoms with Gasteiger partial charge in [0.1, 0.15) is 17.0 Å². The van der Waals surface area contributed by atoms with E-state index in [1.54, 1.807) is 0 Å². The molecule has 5 aromatic carbocycles. The van der Waals surface area contributed by atoms with Crippen LogP contribution in [-0.2, 0) is 15.7 Å². The van der Waals surface area contributed by atoms with E-state index in [4.69, 9.17) is 18.7 Å². The van der Waals surface area contributed by atoms with Crippen molar-refractivity contribution in [2.75, 3.05) is 0 Å². The Hall–Kier alpha value is -4.39. The van der Waals surface area contributed by atoms with Gasteiger partial charge < -0.3 is 13.7 Å². The molecule has 0 N–H and O–H groups in total. The number of para-hydroxylation sites is 2. The van der Waals surface area contributed by atoms with Crippen molar-refractivity contribution in [3.8, 4) is 16.8 Å². The zero-order valence-electron chi connectivity index (χ0n) is 25.1. The summed E-state index contributed by atoms with van der Waals surface area (Å²) in [6.07, 6.45) is 0.826. The van der Waals surface area contributed by atoms with Gasteiger partial charge in [-0.2, -0.15) is 0 Å². The Morgan fingerprint density at radius 3 is 2.21 bits per heavy atom. The molecule has 8 rings (SSSR count). The van der Waals surface area contributed by atoms with Crippen molar-refractivity contribution < 1.29 is 13.7 Å². The van der Waals surface area contributed by atoms with Crippen molar-refractivity contribution in [2.24, 2.45) is 0 Å². The van der Waals surface area contributed by atoms with Crippen molar-refractivity contribution in [3.05, 3.63) is 103 Å². The maximum Gasteiger partial charge on any atom is 0.494 e. The molecule has 7 aromatic rings. The predicted molar refractivity (Wildman–Crippen MR) is 176 cm³/mol. The van der Waals surface area contributed by atoms with Crippen LogP contribution in [0.5, 0.6) is 0 Å². The summed E-state index contributed by atoms with van der Waals surface area (Å²) >= 11 is 0. The summed E-state index contributed by atoms with van der Waals surface area (Å²) in [5.41, 5.74) is 7.50. The van der Waals surface area contributed by atoms with Crippen LogP contribution in [0.1, 0.15) is 40.4 Å². The average Bonchev–Trinajstić information content (AvgIpc) is 3.64. The third-order valence-corrected chi connectivity index (χ3v) is 9.39. The third kappa shape index (κ3) is 3.97. The van der Waals surface area contributed by atoms with Crippen LogP contribution in [0, 0.1) is 0 Å². The lowest BCUT2D eigenvalue weighted by Gasteiger charge is -2.32. The second-order valence-corrected chi connectivity index (χ2v) is 12.5. The number of benzene rings is 5. The smallest absolute Gasteiger partial charge is 0.456 e. The Bertz CT molecular complexity index is 2190. The molecule has 0 amide bonds. The van der Waals surface area contributed by atoms with Gasteiger partial charge >= 0.3 is 7.12 Å². The van der Waals surface area contributed by atoms with E-state index in [0.717, 1.165) is 78.3 Å².